The molecule has 1 fully saturated rings. The van der Waals surface area contributed by atoms with Crippen molar-refractivity contribution in [2.24, 2.45) is 0 Å². The van der Waals surface area contributed by atoms with Crippen LogP contribution in [0.3, 0.4) is 0 Å². The summed E-state index contributed by atoms with van der Waals surface area (Å²) in [6.07, 6.45) is 3.82. The maximum atomic E-state index is 13.0. The molecular weight excluding hydrogens is 344 g/mol. The molecule has 1 aliphatic rings. The normalized spacial score (nSPS) is 14.2. The highest BCUT2D eigenvalue weighted by atomic mass is 32.1. The fourth-order valence-corrected chi connectivity index (χ4v) is 4.34. The van der Waals surface area contributed by atoms with E-state index in [0.717, 1.165) is 44.8 Å². The Morgan fingerprint density at radius 2 is 1.81 bits per heavy atom. The van der Waals surface area contributed by atoms with Crippen LogP contribution in [0, 0.1) is 0 Å². The summed E-state index contributed by atoms with van der Waals surface area (Å²) in [7, 11) is 4.05. The van der Waals surface area contributed by atoms with E-state index in [4.69, 9.17) is 4.98 Å². The molecule has 26 heavy (non-hydrogen) atoms. The Labute approximate surface area is 154 Å². The van der Waals surface area contributed by atoms with Gasteiger partial charge in [0.1, 0.15) is 5.01 Å². The number of thiazole rings is 1. The molecule has 0 saturated heterocycles. The van der Waals surface area contributed by atoms with E-state index in [9.17, 15) is 4.79 Å². The van der Waals surface area contributed by atoms with Gasteiger partial charge in [0, 0.05) is 31.4 Å². The summed E-state index contributed by atoms with van der Waals surface area (Å²) >= 11 is 1.57. The molecule has 0 bridgehead atoms. The second-order valence-corrected chi connectivity index (χ2v) is 7.96. The van der Waals surface area contributed by atoms with Gasteiger partial charge in [-0.15, -0.1) is 11.3 Å². The molecule has 5 rings (SSSR count). The van der Waals surface area contributed by atoms with Crippen molar-refractivity contribution in [1.29, 1.82) is 0 Å². The van der Waals surface area contributed by atoms with Crippen LogP contribution in [0.4, 0.5) is 5.69 Å². The topological polar surface area (TPSA) is 51.0 Å². The second-order valence-electron chi connectivity index (χ2n) is 6.96. The summed E-state index contributed by atoms with van der Waals surface area (Å²) in [4.78, 5) is 24.3. The molecule has 0 atom stereocenters. The van der Waals surface area contributed by atoms with Crippen LogP contribution >= 0.6 is 11.3 Å². The average molecular weight is 362 g/mol. The quantitative estimate of drug-likeness (QED) is 0.551. The molecule has 2 heterocycles. The first-order chi connectivity index (χ1) is 12.6. The Morgan fingerprint density at radius 3 is 2.50 bits per heavy atom. The molecule has 1 aliphatic carbocycles. The van der Waals surface area contributed by atoms with Crippen LogP contribution in [0.2, 0.25) is 0 Å². The van der Waals surface area contributed by atoms with Crippen LogP contribution in [0.1, 0.15) is 18.9 Å². The molecule has 0 radical (unpaired) electrons. The fourth-order valence-electron chi connectivity index (χ4n) is 3.24. The SMILES string of the molecule is CN(C)c1ccc(-c2nc3ccc4ncn(C5CC5)c(=O)c4c3s2)cc1. The fraction of sp³-hybridized carbons (Fsp3) is 0.250. The highest BCUT2D eigenvalue weighted by Gasteiger charge is 2.26. The van der Waals surface area contributed by atoms with E-state index in [1.54, 1.807) is 22.2 Å². The van der Waals surface area contributed by atoms with E-state index >= 15 is 0 Å². The van der Waals surface area contributed by atoms with Crippen LogP contribution in [-0.2, 0) is 0 Å². The van der Waals surface area contributed by atoms with E-state index in [-0.39, 0.29) is 5.56 Å². The summed E-state index contributed by atoms with van der Waals surface area (Å²) in [5, 5.41) is 1.63. The van der Waals surface area contributed by atoms with E-state index in [1.165, 1.54) is 0 Å². The van der Waals surface area contributed by atoms with Crippen molar-refractivity contribution >= 4 is 38.1 Å². The lowest BCUT2D eigenvalue weighted by Gasteiger charge is -2.11. The summed E-state index contributed by atoms with van der Waals surface area (Å²) in [6.45, 7) is 0. The molecule has 4 aromatic rings. The third kappa shape index (κ3) is 2.41. The molecule has 2 aromatic heterocycles. The molecule has 0 N–H and O–H groups in total. The van der Waals surface area contributed by atoms with Crippen molar-refractivity contribution in [3.05, 3.63) is 53.1 Å². The maximum Gasteiger partial charge on any atom is 0.262 e. The first-order valence-corrected chi connectivity index (χ1v) is 9.51. The monoisotopic (exact) mass is 362 g/mol. The number of fused-ring (bicyclic) bond motifs is 3. The molecule has 2 aromatic carbocycles. The summed E-state index contributed by atoms with van der Waals surface area (Å²) < 4.78 is 2.72. The Kier molecular flexibility index (Phi) is 3.37. The van der Waals surface area contributed by atoms with Crippen molar-refractivity contribution < 1.29 is 0 Å². The first kappa shape index (κ1) is 15.5. The summed E-state index contributed by atoms with van der Waals surface area (Å²) in [5.74, 6) is 0. The number of rotatable bonds is 3. The van der Waals surface area contributed by atoms with E-state index in [2.05, 4.69) is 34.1 Å². The van der Waals surface area contributed by atoms with Gasteiger partial charge in [-0.25, -0.2) is 9.97 Å². The van der Waals surface area contributed by atoms with Crippen LogP contribution in [0.25, 0.3) is 31.7 Å². The van der Waals surface area contributed by atoms with Crippen LogP contribution in [-0.4, -0.2) is 28.6 Å². The van der Waals surface area contributed by atoms with E-state index in [1.807, 2.05) is 26.2 Å². The van der Waals surface area contributed by atoms with Crippen LogP contribution < -0.4 is 10.5 Å². The maximum absolute atomic E-state index is 13.0. The van der Waals surface area contributed by atoms with Gasteiger partial charge in [-0.1, -0.05) is 0 Å². The van der Waals surface area contributed by atoms with Crippen molar-refractivity contribution in [2.45, 2.75) is 18.9 Å². The molecule has 0 amide bonds. The van der Waals surface area contributed by atoms with Gasteiger partial charge in [0.25, 0.3) is 5.56 Å². The lowest BCUT2D eigenvalue weighted by Crippen LogP contribution is -2.19. The molecular formula is C20H18N4OS. The smallest absolute Gasteiger partial charge is 0.262 e. The minimum atomic E-state index is 0.0567. The number of aromatic nitrogens is 3. The molecule has 0 spiro atoms. The van der Waals surface area contributed by atoms with Crippen molar-refractivity contribution in [2.75, 3.05) is 19.0 Å². The molecule has 130 valence electrons. The molecule has 1 saturated carbocycles. The zero-order valence-corrected chi connectivity index (χ0v) is 15.5. The third-order valence-electron chi connectivity index (χ3n) is 4.88. The highest BCUT2D eigenvalue weighted by molar-refractivity contribution is 7.22. The van der Waals surface area contributed by atoms with Gasteiger partial charge < -0.3 is 4.90 Å². The Morgan fingerprint density at radius 1 is 1.08 bits per heavy atom. The summed E-state index contributed by atoms with van der Waals surface area (Å²) in [5.41, 5.74) is 3.88. The van der Waals surface area contributed by atoms with Gasteiger partial charge in [0.2, 0.25) is 0 Å². The Balaban J connectivity index is 1.70. The first-order valence-electron chi connectivity index (χ1n) is 8.70. The van der Waals surface area contributed by atoms with Gasteiger partial charge in [0.05, 0.1) is 27.4 Å². The Bertz CT molecular complexity index is 1190. The van der Waals surface area contributed by atoms with E-state index in [0.29, 0.717) is 11.4 Å². The largest absolute Gasteiger partial charge is 0.378 e. The van der Waals surface area contributed by atoms with Crippen LogP contribution in [0.15, 0.2) is 47.5 Å². The van der Waals surface area contributed by atoms with Gasteiger partial charge in [-0.05, 0) is 49.2 Å². The van der Waals surface area contributed by atoms with E-state index < -0.39 is 0 Å². The number of hydrogen-bond donors (Lipinski definition) is 0. The lowest BCUT2D eigenvalue weighted by molar-refractivity contribution is 0.699. The van der Waals surface area contributed by atoms with Crippen molar-refractivity contribution in [3.63, 3.8) is 0 Å². The van der Waals surface area contributed by atoms with Crippen molar-refractivity contribution in [3.8, 4) is 10.6 Å². The Hall–Kier alpha value is -2.73. The number of nitrogens with zero attached hydrogens (tertiary/aromatic N) is 4. The number of benzene rings is 2. The number of hydrogen-bond acceptors (Lipinski definition) is 5. The standard InChI is InChI=1S/C20H18N4OS/c1-23(2)13-5-3-12(4-6-13)19-22-16-10-9-15-17(18(16)26-19)20(25)24(11-21-15)14-7-8-14/h3-6,9-11,14H,7-8H2,1-2H3. The van der Waals surface area contributed by atoms with Gasteiger partial charge in [-0.3, -0.25) is 9.36 Å². The van der Waals surface area contributed by atoms with Gasteiger partial charge in [-0.2, -0.15) is 0 Å². The molecule has 0 aliphatic heterocycles. The predicted molar refractivity (Wildman–Crippen MR) is 107 cm³/mol. The highest BCUT2D eigenvalue weighted by Crippen LogP contribution is 2.36. The van der Waals surface area contributed by atoms with Gasteiger partial charge >= 0.3 is 0 Å². The van der Waals surface area contributed by atoms with Crippen molar-refractivity contribution in [1.82, 2.24) is 14.5 Å². The zero-order valence-electron chi connectivity index (χ0n) is 14.6. The van der Waals surface area contributed by atoms with Crippen LogP contribution in [0.5, 0.6) is 0 Å². The zero-order chi connectivity index (χ0) is 17.8. The lowest BCUT2D eigenvalue weighted by atomic mass is 10.2. The predicted octanol–water partition coefficient (Wildman–Crippen LogP) is 4.07. The summed E-state index contributed by atoms with van der Waals surface area (Å²) in [6, 6.07) is 12.5. The molecule has 6 heteroatoms. The number of anilines is 1. The second kappa shape index (κ2) is 5.64. The minimum Gasteiger partial charge on any atom is -0.378 e. The molecule has 0 unspecified atom stereocenters. The third-order valence-corrected chi connectivity index (χ3v) is 6.01. The minimum absolute atomic E-state index is 0.0567. The average Bonchev–Trinajstić information content (AvgIpc) is 3.39. The molecule has 5 nitrogen and oxygen atoms in total. The van der Waals surface area contributed by atoms with Gasteiger partial charge in [0.15, 0.2) is 0 Å².